The summed E-state index contributed by atoms with van der Waals surface area (Å²) in [6.07, 6.45) is 5.03. The van der Waals surface area contributed by atoms with Crippen molar-refractivity contribution < 1.29 is 14.3 Å². The van der Waals surface area contributed by atoms with Crippen molar-refractivity contribution in [3.63, 3.8) is 0 Å². The number of hydrogen-bond donors (Lipinski definition) is 2. The second kappa shape index (κ2) is 13.8. The number of benzene rings is 2. The van der Waals surface area contributed by atoms with Gasteiger partial charge in [-0.25, -0.2) is 0 Å². The van der Waals surface area contributed by atoms with E-state index in [1.807, 2.05) is 51.0 Å². The zero-order chi connectivity index (χ0) is 30.2. The average Bonchev–Trinajstić information content (AvgIpc) is 2.94. The Morgan fingerprint density at radius 1 is 1.12 bits per heavy atom. The van der Waals surface area contributed by atoms with Crippen LogP contribution >= 0.6 is 11.6 Å². The summed E-state index contributed by atoms with van der Waals surface area (Å²) in [4.78, 5) is 23.6. The largest absolute Gasteiger partial charge is 0.492 e. The van der Waals surface area contributed by atoms with Crippen molar-refractivity contribution in [2.24, 2.45) is 0 Å². The van der Waals surface area contributed by atoms with Crippen molar-refractivity contribution in [1.29, 1.82) is 5.26 Å². The molecule has 2 heterocycles. The maximum atomic E-state index is 12.7. The summed E-state index contributed by atoms with van der Waals surface area (Å²) in [6, 6.07) is 15.0. The lowest BCUT2D eigenvalue weighted by molar-refractivity contribution is -0.111. The van der Waals surface area contributed by atoms with Crippen LogP contribution in [0.4, 0.5) is 17.1 Å². The number of rotatable bonds is 11. The monoisotopic (exact) mass is 584 g/mol. The van der Waals surface area contributed by atoms with Crippen LogP contribution in [0, 0.1) is 25.2 Å². The van der Waals surface area contributed by atoms with Gasteiger partial charge >= 0.3 is 0 Å². The van der Waals surface area contributed by atoms with E-state index >= 15 is 0 Å². The molecule has 0 aliphatic carbocycles. The third-order valence-electron chi connectivity index (χ3n) is 6.24. The Balaban J connectivity index is 1.67. The lowest BCUT2D eigenvalue weighted by Gasteiger charge is -2.17. The van der Waals surface area contributed by atoms with Crippen molar-refractivity contribution in [3.05, 3.63) is 88.4 Å². The molecule has 2 aromatic heterocycles. The fourth-order valence-electron chi connectivity index (χ4n) is 4.18. The molecule has 4 aromatic rings. The molecule has 9 nitrogen and oxygen atoms in total. The molecular weight excluding hydrogens is 552 g/mol. The molecule has 0 unspecified atom stereocenters. The van der Waals surface area contributed by atoms with E-state index in [9.17, 15) is 10.1 Å². The smallest absolute Gasteiger partial charge is 0.248 e. The Kier molecular flexibility index (Phi) is 9.97. The highest BCUT2D eigenvalue weighted by molar-refractivity contribution is 6.32. The van der Waals surface area contributed by atoms with Gasteiger partial charge in [-0.05, 0) is 65.2 Å². The van der Waals surface area contributed by atoms with Gasteiger partial charge in [0.05, 0.1) is 39.8 Å². The van der Waals surface area contributed by atoms with Gasteiger partial charge in [-0.15, -0.1) is 0 Å². The molecule has 0 atom stereocenters. The molecule has 0 saturated heterocycles. The molecular formula is C32H33ClN6O3. The number of nitriles is 1. The van der Waals surface area contributed by atoms with Gasteiger partial charge in [0.15, 0.2) is 0 Å². The van der Waals surface area contributed by atoms with E-state index in [0.717, 1.165) is 11.3 Å². The number of carbonyl (C=O) groups is 1. The molecule has 0 radical (unpaired) electrons. The highest BCUT2D eigenvalue weighted by Gasteiger charge is 2.18. The normalized spacial score (nSPS) is 11.1. The van der Waals surface area contributed by atoms with Gasteiger partial charge in [0.25, 0.3) is 0 Å². The highest BCUT2D eigenvalue weighted by Crippen LogP contribution is 2.38. The predicted octanol–water partition coefficient (Wildman–Crippen LogP) is 6.55. The number of nitrogens with one attached hydrogen (secondary N) is 2. The van der Waals surface area contributed by atoms with Crippen molar-refractivity contribution >= 4 is 45.5 Å². The zero-order valence-corrected chi connectivity index (χ0v) is 25.0. The topological polar surface area (TPSA) is 112 Å². The van der Waals surface area contributed by atoms with Crippen molar-refractivity contribution in [1.82, 2.24) is 14.9 Å². The summed E-state index contributed by atoms with van der Waals surface area (Å²) in [5.74, 6) is 0.707. The quantitative estimate of drug-likeness (QED) is 0.191. The number of likely N-dealkylation sites (N-methyl/N-ethyl adjacent to an activating group) is 1. The first-order valence-corrected chi connectivity index (χ1v) is 13.8. The SMILES string of the molecule is CCOc1cc2nc(C)c(C#N)c(Nc3ccc(OCc4ccc(C)nc4)c(Cl)c3)c2cc1NC(=O)/C=C/CN(C)C. The van der Waals surface area contributed by atoms with Gasteiger partial charge in [-0.1, -0.05) is 23.7 Å². The Hall–Kier alpha value is -4.65. The molecule has 0 bridgehead atoms. The second-order valence-corrected chi connectivity index (χ2v) is 10.3. The summed E-state index contributed by atoms with van der Waals surface area (Å²) >= 11 is 6.58. The second-order valence-electron chi connectivity index (χ2n) is 9.88. The number of pyridine rings is 2. The molecule has 42 heavy (non-hydrogen) atoms. The lowest BCUT2D eigenvalue weighted by atomic mass is 10.0. The van der Waals surface area contributed by atoms with Crippen LogP contribution in [0.2, 0.25) is 5.02 Å². The van der Waals surface area contributed by atoms with Crippen LogP contribution in [-0.4, -0.2) is 48.0 Å². The maximum Gasteiger partial charge on any atom is 0.248 e. The molecule has 1 amide bonds. The number of aromatic nitrogens is 2. The molecule has 0 aliphatic rings. The summed E-state index contributed by atoms with van der Waals surface area (Å²) in [7, 11) is 3.85. The number of fused-ring (bicyclic) bond motifs is 1. The number of halogens is 1. The summed E-state index contributed by atoms with van der Waals surface area (Å²) in [6.45, 7) is 6.93. The van der Waals surface area contributed by atoms with Gasteiger partial charge < -0.3 is 25.0 Å². The standard InChI is InChI=1S/C32H33ClN6O3/c1-6-41-30-16-27-24(15-28(30)38-31(40)8-7-13-39(4)5)32(25(17-34)21(3)36-27)37-23-11-12-29(26(33)14-23)42-19-22-10-9-20(2)35-18-22/h7-12,14-16,18H,6,13,19H2,1-5H3,(H,36,37)(H,38,40)/b8-7+. The minimum atomic E-state index is -0.295. The fraction of sp³-hybridized carbons (Fsp3) is 0.250. The predicted molar refractivity (Wildman–Crippen MR) is 167 cm³/mol. The third kappa shape index (κ3) is 7.55. The van der Waals surface area contributed by atoms with Crippen LogP contribution in [0.25, 0.3) is 10.9 Å². The van der Waals surface area contributed by atoms with Gasteiger partial charge in [0.2, 0.25) is 5.91 Å². The molecule has 216 valence electrons. The minimum Gasteiger partial charge on any atom is -0.492 e. The van der Waals surface area contributed by atoms with E-state index in [4.69, 9.17) is 21.1 Å². The van der Waals surface area contributed by atoms with E-state index in [0.29, 0.717) is 75.5 Å². The van der Waals surface area contributed by atoms with E-state index < -0.39 is 0 Å². The number of aryl methyl sites for hydroxylation is 2. The van der Waals surface area contributed by atoms with Gasteiger partial charge in [0.1, 0.15) is 24.2 Å². The Morgan fingerprint density at radius 3 is 2.60 bits per heavy atom. The van der Waals surface area contributed by atoms with Crippen LogP contribution in [-0.2, 0) is 11.4 Å². The Labute approximate surface area is 250 Å². The number of anilines is 3. The van der Waals surface area contributed by atoms with E-state index in [1.165, 1.54) is 6.08 Å². The summed E-state index contributed by atoms with van der Waals surface area (Å²) in [5, 5.41) is 17.3. The fourth-order valence-corrected chi connectivity index (χ4v) is 4.42. The molecule has 0 fully saturated rings. The van der Waals surface area contributed by atoms with Gasteiger partial charge in [0, 0.05) is 47.2 Å². The molecule has 0 saturated carbocycles. The molecule has 0 spiro atoms. The van der Waals surface area contributed by atoms with Crippen molar-refractivity contribution in [3.8, 4) is 17.6 Å². The van der Waals surface area contributed by atoms with Crippen LogP contribution in [0.5, 0.6) is 11.5 Å². The number of carbonyl (C=O) groups excluding carboxylic acids is 1. The van der Waals surface area contributed by atoms with E-state index in [2.05, 4.69) is 26.7 Å². The first-order chi connectivity index (χ1) is 20.2. The third-order valence-corrected chi connectivity index (χ3v) is 6.54. The molecule has 2 aromatic carbocycles. The first kappa shape index (κ1) is 30.3. The van der Waals surface area contributed by atoms with E-state index in [-0.39, 0.29) is 5.91 Å². The highest BCUT2D eigenvalue weighted by atomic mass is 35.5. The summed E-state index contributed by atoms with van der Waals surface area (Å²) in [5.41, 5.74) is 5.05. The average molecular weight is 585 g/mol. The summed E-state index contributed by atoms with van der Waals surface area (Å²) < 4.78 is 11.7. The lowest BCUT2D eigenvalue weighted by Crippen LogP contribution is -2.13. The molecule has 2 N–H and O–H groups in total. The van der Waals surface area contributed by atoms with Crippen molar-refractivity contribution in [2.45, 2.75) is 27.4 Å². The van der Waals surface area contributed by atoms with Crippen LogP contribution in [0.3, 0.4) is 0 Å². The molecule has 4 rings (SSSR count). The van der Waals surface area contributed by atoms with Crippen LogP contribution in [0.1, 0.15) is 29.4 Å². The number of amides is 1. The first-order valence-electron chi connectivity index (χ1n) is 13.4. The van der Waals surface area contributed by atoms with E-state index in [1.54, 1.807) is 43.5 Å². The Morgan fingerprint density at radius 2 is 1.93 bits per heavy atom. The van der Waals surface area contributed by atoms with Gasteiger partial charge in [-0.3, -0.25) is 14.8 Å². The number of nitrogens with zero attached hydrogens (tertiary/aromatic N) is 4. The minimum absolute atomic E-state index is 0.295. The van der Waals surface area contributed by atoms with Crippen LogP contribution in [0.15, 0.2) is 60.8 Å². The van der Waals surface area contributed by atoms with Gasteiger partial charge in [-0.2, -0.15) is 5.26 Å². The number of ether oxygens (including phenoxy) is 2. The van der Waals surface area contributed by atoms with Crippen LogP contribution < -0.4 is 20.1 Å². The zero-order valence-electron chi connectivity index (χ0n) is 24.3. The molecule has 10 heteroatoms. The Bertz CT molecular complexity index is 1660. The van der Waals surface area contributed by atoms with Crippen molar-refractivity contribution in [2.75, 3.05) is 37.9 Å². The maximum absolute atomic E-state index is 12.7. The number of hydrogen-bond acceptors (Lipinski definition) is 8. The molecule has 0 aliphatic heterocycles.